The molecule has 0 saturated carbocycles. The second kappa shape index (κ2) is 5.48. The fourth-order valence-corrected chi connectivity index (χ4v) is 1.36. The number of aliphatic carboxylic acids is 1. The largest absolute Gasteiger partial charge is 0.480 e. The third-order valence-corrected chi connectivity index (χ3v) is 2.56. The van der Waals surface area contributed by atoms with Gasteiger partial charge in [0.15, 0.2) is 0 Å². The van der Waals surface area contributed by atoms with Crippen LogP contribution in [0.4, 0.5) is 0 Å². The highest BCUT2D eigenvalue weighted by molar-refractivity contribution is 5.96. The molecule has 0 aliphatic carbocycles. The van der Waals surface area contributed by atoms with Gasteiger partial charge in [-0.3, -0.25) is 9.59 Å². The van der Waals surface area contributed by atoms with Gasteiger partial charge in [-0.1, -0.05) is 26.0 Å². The summed E-state index contributed by atoms with van der Waals surface area (Å²) in [5.41, 5.74) is 1.62. The second-order valence-corrected chi connectivity index (χ2v) is 4.31. The first-order valence-corrected chi connectivity index (χ1v) is 5.55. The van der Waals surface area contributed by atoms with E-state index < -0.39 is 12.0 Å². The summed E-state index contributed by atoms with van der Waals surface area (Å²) in [7, 11) is 0. The van der Waals surface area contributed by atoms with E-state index >= 15 is 0 Å². The van der Waals surface area contributed by atoms with Crippen molar-refractivity contribution in [2.45, 2.75) is 32.7 Å². The van der Waals surface area contributed by atoms with Gasteiger partial charge in [0, 0.05) is 5.56 Å². The molecule has 1 atom stereocenters. The minimum absolute atomic E-state index is 0.366. The van der Waals surface area contributed by atoms with E-state index in [9.17, 15) is 9.59 Å². The molecule has 92 valence electrons. The Hall–Kier alpha value is -1.84. The summed E-state index contributed by atoms with van der Waals surface area (Å²) in [5, 5.41) is 11.1. The molecule has 0 fully saturated rings. The normalized spacial score (nSPS) is 12.2. The van der Waals surface area contributed by atoms with Crippen molar-refractivity contribution >= 4 is 11.9 Å². The van der Waals surface area contributed by atoms with E-state index in [2.05, 4.69) is 19.2 Å². The van der Waals surface area contributed by atoms with Gasteiger partial charge in [-0.15, -0.1) is 0 Å². The van der Waals surface area contributed by atoms with Crippen molar-refractivity contribution in [3.05, 3.63) is 35.4 Å². The van der Waals surface area contributed by atoms with Gasteiger partial charge >= 0.3 is 5.97 Å². The zero-order chi connectivity index (χ0) is 13.0. The molecule has 1 unspecified atom stereocenters. The highest BCUT2D eigenvalue weighted by Gasteiger charge is 2.15. The van der Waals surface area contributed by atoms with Crippen molar-refractivity contribution < 1.29 is 14.7 Å². The van der Waals surface area contributed by atoms with Crippen LogP contribution in [0.1, 0.15) is 42.6 Å². The summed E-state index contributed by atoms with van der Waals surface area (Å²) in [6.07, 6.45) is 0. The van der Waals surface area contributed by atoms with Crippen LogP contribution in [0, 0.1) is 0 Å². The number of carboxylic acids is 1. The Morgan fingerprint density at radius 2 is 1.65 bits per heavy atom. The lowest BCUT2D eigenvalue weighted by atomic mass is 10.0. The molecular weight excluding hydrogens is 218 g/mol. The summed E-state index contributed by atoms with van der Waals surface area (Å²) < 4.78 is 0. The van der Waals surface area contributed by atoms with E-state index in [1.54, 1.807) is 12.1 Å². The summed E-state index contributed by atoms with van der Waals surface area (Å²) in [4.78, 5) is 22.3. The molecule has 0 aliphatic rings. The minimum Gasteiger partial charge on any atom is -0.480 e. The van der Waals surface area contributed by atoms with Crippen molar-refractivity contribution in [2.75, 3.05) is 0 Å². The zero-order valence-electron chi connectivity index (χ0n) is 10.2. The fraction of sp³-hybridized carbons (Fsp3) is 0.385. The summed E-state index contributed by atoms with van der Waals surface area (Å²) in [6, 6.07) is 6.29. The number of hydrogen-bond donors (Lipinski definition) is 2. The van der Waals surface area contributed by atoms with Crippen molar-refractivity contribution in [1.29, 1.82) is 0 Å². The van der Waals surface area contributed by atoms with Gasteiger partial charge < -0.3 is 10.4 Å². The predicted molar refractivity (Wildman–Crippen MR) is 65.1 cm³/mol. The molecule has 0 bridgehead atoms. The molecular formula is C13H17NO3. The molecule has 1 aromatic rings. The molecule has 0 saturated heterocycles. The number of benzene rings is 1. The minimum atomic E-state index is -1.04. The average molecular weight is 235 g/mol. The first-order valence-electron chi connectivity index (χ1n) is 5.55. The first kappa shape index (κ1) is 13.2. The van der Waals surface area contributed by atoms with Crippen molar-refractivity contribution in [3.63, 3.8) is 0 Å². The fourth-order valence-electron chi connectivity index (χ4n) is 1.36. The highest BCUT2D eigenvalue weighted by atomic mass is 16.4. The molecule has 17 heavy (non-hydrogen) atoms. The lowest BCUT2D eigenvalue weighted by Crippen LogP contribution is -2.38. The van der Waals surface area contributed by atoms with Crippen LogP contribution in [0.25, 0.3) is 0 Å². The van der Waals surface area contributed by atoms with Crippen LogP contribution in [0.5, 0.6) is 0 Å². The SMILES string of the molecule is CC(NC(=O)c1ccc(C(C)C)cc1)C(=O)O. The van der Waals surface area contributed by atoms with E-state index in [0.29, 0.717) is 11.5 Å². The Labute approximate surface area is 101 Å². The van der Waals surface area contributed by atoms with Crippen LogP contribution >= 0.6 is 0 Å². The number of carbonyl (C=O) groups is 2. The molecule has 0 heterocycles. The first-order chi connectivity index (χ1) is 7.91. The van der Waals surface area contributed by atoms with E-state index in [-0.39, 0.29) is 5.91 Å². The number of rotatable bonds is 4. The molecule has 1 amide bonds. The number of carbonyl (C=O) groups excluding carboxylic acids is 1. The number of hydrogen-bond acceptors (Lipinski definition) is 2. The molecule has 2 N–H and O–H groups in total. The summed E-state index contributed by atoms with van der Waals surface area (Å²) in [5.74, 6) is -1.00. The number of amides is 1. The molecule has 1 aromatic carbocycles. The van der Waals surface area contributed by atoms with Gasteiger partial charge in [-0.25, -0.2) is 0 Å². The monoisotopic (exact) mass is 235 g/mol. The summed E-state index contributed by atoms with van der Waals surface area (Å²) >= 11 is 0. The predicted octanol–water partition coefficient (Wildman–Crippen LogP) is 2.01. The lowest BCUT2D eigenvalue weighted by molar-refractivity contribution is -0.138. The van der Waals surface area contributed by atoms with Gasteiger partial charge in [0.05, 0.1) is 0 Å². The Balaban J connectivity index is 2.73. The van der Waals surface area contributed by atoms with E-state index in [4.69, 9.17) is 5.11 Å². The number of nitrogens with one attached hydrogen (secondary N) is 1. The van der Waals surface area contributed by atoms with E-state index in [0.717, 1.165) is 5.56 Å². The lowest BCUT2D eigenvalue weighted by Gasteiger charge is -2.10. The van der Waals surface area contributed by atoms with Crippen molar-refractivity contribution in [1.82, 2.24) is 5.32 Å². The maximum absolute atomic E-state index is 11.7. The van der Waals surface area contributed by atoms with Crippen molar-refractivity contribution in [3.8, 4) is 0 Å². The Bertz CT molecular complexity index is 409. The molecule has 0 aromatic heterocycles. The van der Waals surface area contributed by atoms with Gasteiger partial charge in [-0.2, -0.15) is 0 Å². The van der Waals surface area contributed by atoms with E-state index in [1.165, 1.54) is 6.92 Å². The smallest absolute Gasteiger partial charge is 0.325 e. The second-order valence-electron chi connectivity index (χ2n) is 4.31. The summed E-state index contributed by atoms with van der Waals surface area (Å²) in [6.45, 7) is 5.58. The quantitative estimate of drug-likeness (QED) is 0.839. The van der Waals surface area contributed by atoms with E-state index in [1.807, 2.05) is 12.1 Å². The van der Waals surface area contributed by atoms with Gasteiger partial charge in [-0.05, 0) is 30.5 Å². The molecule has 4 heteroatoms. The van der Waals surface area contributed by atoms with Crippen LogP contribution < -0.4 is 5.32 Å². The number of carboxylic acid groups (broad SMARTS) is 1. The van der Waals surface area contributed by atoms with Crippen molar-refractivity contribution in [2.24, 2.45) is 0 Å². The standard InChI is InChI=1S/C13H17NO3/c1-8(2)10-4-6-11(7-5-10)12(15)14-9(3)13(16)17/h4-9H,1-3H3,(H,14,15)(H,16,17). The molecule has 1 rings (SSSR count). The topological polar surface area (TPSA) is 66.4 Å². The Morgan fingerprint density at radius 1 is 1.12 bits per heavy atom. The van der Waals surface area contributed by atoms with Crippen LogP contribution in [0.2, 0.25) is 0 Å². The van der Waals surface area contributed by atoms with Crippen LogP contribution in [0.3, 0.4) is 0 Å². The highest BCUT2D eigenvalue weighted by Crippen LogP contribution is 2.14. The van der Waals surface area contributed by atoms with Gasteiger partial charge in [0.1, 0.15) is 6.04 Å². The zero-order valence-corrected chi connectivity index (χ0v) is 10.2. The molecule has 0 aliphatic heterocycles. The average Bonchev–Trinajstić information content (AvgIpc) is 2.28. The Morgan fingerprint density at radius 3 is 2.06 bits per heavy atom. The van der Waals surface area contributed by atoms with Gasteiger partial charge in [0.2, 0.25) is 0 Å². The van der Waals surface area contributed by atoms with Gasteiger partial charge in [0.25, 0.3) is 5.91 Å². The molecule has 0 radical (unpaired) electrons. The maximum atomic E-state index is 11.7. The van der Waals surface area contributed by atoms with Crippen LogP contribution in [-0.2, 0) is 4.79 Å². The Kier molecular flexibility index (Phi) is 4.26. The molecule has 4 nitrogen and oxygen atoms in total. The molecule has 0 spiro atoms. The van der Waals surface area contributed by atoms with Crippen LogP contribution in [0.15, 0.2) is 24.3 Å². The third kappa shape index (κ3) is 3.59. The third-order valence-electron chi connectivity index (χ3n) is 2.56. The van der Waals surface area contributed by atoms with Crippen LogP contribution in [-0.4, -0.2) is 23.0 Å². The maximum Gasteiger partial charge on any atom is 0.325 e.